The average molecular weight is 288 g/mol. The largest absolute Gasteiger partial charge is 0.317 e. The lowest BCUT2D eigenvalue weighted by Crippen LogP contribution is -2.31. The molecule has 0 aromatic heterocycles. The van der Waals surface area contributed by atoms with Gasteiger partial charge in [0.15, 0.2) is 9.84 Å². The molecule has 1 aromatic carbocycles. The Morgan fingerprint density at radius 3 is 2.39 bits per heavy atom. The van der Waals surface area contributed by atoms with Gasteiger partial charge in [-0.15, -0.1) is 0 Å². The Morgan fingerprint density at radius 1 is 1.17 bits per heavy atom. The van der Waals surface area contributed by atoms with Crippen molar-refractivity contribution in [3.05, 3.63) is 34.9 Å². The molecule has 100 valence electrons. The molecule has 0 unspecified atom stereocenters. The third kappa shape index (κ3) is 4.26. The summed E-state index contributed by atoms with van der Waals surface area (Å²) in [6.45, 7) is 1.86. The number of sulfone groups is 1. The Labute approximate surface area is 113 Å². The molecule has 5 heteroatoms. The molecular weight excluding hydrogens is 270 g/mol. The molecule has 0 aliphatic carbocycles. The SMILES string of the molecule is O=S(=O)(Cc1ccc(Cl)cc1)CC1CCNCC1. The number of halogens is 1. The van der Waals surface area contributed by atoms with Gasteiger partial charge in [-0.3, -0.25) is 0 Å². The number of rotatable bonds is 4. The number of benzene rings is 1. The second kappa shape index (κ2) is 6.04. The van der Waals surface area contributed by atoms with Crippen molar-refractivity contribution in [2.75, 3.05) is 18.8 Å². The molecule has 1 aromatic rings. The van der Waals surface area contributed by atoms with Gasteiger partial charge in [-0.1, -0.05) is 23.7 Å². The second-order valence-electron chi connectivity index (χ2n) is 4.87. The number of piperidine rings is 1. The molecule has 1 heterocycles. The molecule has 0 saturated carbocycles. The van der Waals surface area contributed by atoms with Gasteiger partial charge in [-0.2, -0.15) is 0 Å². The van der Waals surface area contributed by atoms with Crippen LogP contribution in [0.15, 0.2) is 24.3 Å². The van der Waals surface area contributed by atoms with Crippen LogP contribution < -0.4 is 5.32 Å². The van der Waals surface area contributed by atoms with E-state index in [0.29, 0.717) is 16.7 Å². The van der Waals surface area contributed by atoms with Crippen LogP contribution >= 0.6 is 11.6 Å². The van der Waals surface area contributed by atoms with Gasteiger partial charge in [0, 0.05) is 5.02 Å². The fraction of sp³-hybridized carbons (Fsp3) is 0.538. The van der Waals surface area contributed by atoms with Crippen molar-refractivity contribution in [3.8, 4) is 0 Å². The third-order valence-corrected chi connectivity index (χ3v) is 5.25. The highest BCUT2D eigenvalue weighted by atomic mass is 35.5. The van der Waals surface area contributed by atoms with E-state index in [9.17, 15) is 8.42 Å². The zero-order valence-corrected chi connectivity index (χ0v) is 11.8. The smallest absolute Gasteiger partial charge is 0.154 e. The Hall–Kier alpha value is -0.580. The normalized spacial score (nSPS) is 17.8. The van der Waals surface area contributed by atoms with Gasteiger partial charge in [0.2, 0.25) is 0 Å². The molecule has 3 nitrogen and oxygen atoms in total. The summed E-state index contributed by atoms with van der Waals surface area (Å²) in [4.78, 5) is 0. The van der Waals surface area contributed by atoms with Crippen LogP contribution in [0.2, 0.25) is 5.02 Å². The fourth-order valence-corrected chi connectivity index (χ4v) is 4.30. The highest BCUT2D eigenvalue weighted by Crippen LogP contribution is 2.18. The third-order valence-electron chi connectivity index (χ3n) is 3.25. The highest BCUT2D eigenvalue weighted by Gasteiger charge is 2.21. The van der Waals surface area contributed by atoms with E-state index in [2.05, 4.69) is 5.32 Å². The van der Waals surface area contributed by atoms with Crippen LogP contribution in [0.4, 0.5) is 0 Å². The van der Waals surface area contributed by atoms with Crippen molar-refractivity contribution in [2.24, 2.45) is 5.92 Å². The first kappa shape index (κ1) is 13.8. The minimum atomic E-state index is -3.02. The maximum Gasteiger partial charge on any atom is 0.154 e. The predicted octanol–water partition coefficient (Wildman–Crippen LogP) is 2.25. The van der Waals surface area contributed by atoms with Gasteiger partial charge in [-0.05, 0) is 49.5 Å². The summed E-state index contributed by atoms with van der Waals surface area (Å²) >= 11 is 5.78. The van der Waals surface area contributed by atoms with Crippen molar-refractivity contribution < 1.29 is 8.42 Å². The second-order valence-corrected chi connectivity index (χ2v) is 7.42. The molecule has 1 fully saturated rings. The van der Waals surface area contributed by atoms with Crippen molar-refractivity contribution in [3.63, 3.8) is 0 Å². The molecule has 1 aliphatic rings. The minimum absolute atomic E-state index is 0.119. The number of hydrogen-bond donors (Lipinski definition) is 1. The van der Waals surface area contributed by atoms with Gasteiger partial charge in [-0.25, -0.2) is 8.42 Å². The number of hydrogen-bond acceptors (Lipinski definition) is 3. The van der Waals surface area contributed by atoms with E-state index in [-0.39, 0.29) is 5.75 Å². The lowest BCUT2D eigenvalue weighted by molar-refractivity contribution is 0.401. The lowest BCUT2D eigenvalue weighted by Gasteiger charge is -2.22. The van der Waals surface area contributed by atoms with E-state index in [0.717, 1.165) is 31.5 Å². The van der Waals surface area contributed by atoms with Gasteiger partial charge in [0.05, 0.1) is 11.5 Å². The summed E-state index contributed by atoms with van der Waals surface area (Å²) in [5.74, 6) is 0.731. The van der Waals surface area contributed by atoms with E-state index < -0.39 is 9.84 Å². The highest BCUT2D eigenvalue weighted by molar-refractivity contribution is 7.90. The van der Waals surface area contributed by atoms with Crippen LogP contribution in [0.3, 0.4) is 0 Å². The molecular formula is C13H18ClNO2S. The maximum atomic E-state index is 12.1. The molecule has 0 radical (unpaired) electrons. The molecule has 2 rings (SSSR count). The lowest BCUT2D eigenvalue weighted by atomic mass is 10.0. The molecule has 1 aliphatic heterocycles. The standard InChI is InChI=1S/C13H18ClNO2S/c14-13-3-1-11(2-4-13)9-18(16,17)10-12-5-7-15-8-6-12/h1-4,12,15H,5-10H2. The van der Waals surface area contributed by atoms with Gasteiger partial charge in [0.25, 0.3) is 0 Å². The minimum Gasteiger partial charge on any atom is -0.317 e. The summed E-state index contributed by atoms with van der Waals surface area (Å²) in [6.07, 6.45) is 1.92. The summed E-state index contributed by atoms with van der Waals surface area (Å²) in [7, 11) is -3.02. The first-order valence-corrected chi connectivity index (χ1v) is 8.41. The number of nitrogens with one attached hydrogen (secondary N) is 1. The monoisotopic (exact) mass is 287 g/mol. The Bertz CT molecular complexity index is 478. The van der Waals surface area contributed by atoms with E-state index in [1.54, 1.807) is 24.3 Å². The fourth-order valence-electron chi connectivity index (χ4n) is 2.30. The van der Waals surface area contributed by atoms with Crippen LogP contribution in [0, 0.1) is 5.92 Å². The van der Waals surface area contributed by atoms with Crippen molar-refractivity contribution in [2.45, 2.75) is 18.6 Å². The van der Waals surface area contributed by atoms with Crippen LogP contribution in [-0.2, 0) is 15.6 Å². The van der Waals surface area contributed by atoms with Gasteiger partial charge < -0.3 is 5.32 Å². The Kier molecular flexibility index (Phi) is 4.65. The Balaban J connectivity index is 1.96. The molecule has 0 spiro atoms. The van der Waals surface area contributed by atoms with Crippen molar-refractivity contribution in [1.82, 2.24) is 5.32 Å². The summed E-state index contributed by atoms with van der Waals surface area (Å²) in [6, 6.07) is 7.03. The van der Waals surface area contributed by atoms with E-state index >= 15 is 0 Å². The van der Waals surface area contributed by atoms with Crippen LogP contribution in [0.5, 0.6) is 0 Å². The van der Waals surface area contributed by atoms with Crippen LogP contribution in [-0.4, -0.2) is 27.3 Å². The van der Waals surface area contributed by atoms with E-state index in [1.807, 2.05) is 0 Å². The molecule has 0 bridgehead atoms. The van der Waals surface area contributed by atoms with E-state index in [1.165, 1.54) is 0 Å². The molecule has 18 heavy (non-hydrogen) atoms. The van der Waals surface area contributed by atoms with Gasteiger partial charge in [0.1, 0.15) is 0 Å². The quantitative estimate of drug-likeness (QED) is 0.924. The van der Waals surface area contributed by atoms with Crippen molar-refractivity contribution >= 4 is 21.4 Å². The summed E-state index contributed by atoms with van der Waals surface area (Å²) < 4.78 is 24.2. The van der Waals surface area contributed by atoms with E-state index in [4.69, 9.17) is 11.6 Å². The topological polar surface area (TPSA) is 46.2 Å². The van der Waals surface area contributed by atoms with Gasteiger partial charge >= 0.3 is 0 Å². The zero-order chi connectivity index (χ0) is 13.0. The first-order chi connectivity index (χ1) is 8.55. The maximum absolute atomic E-state index is 12.1. The predicted molar refractivity (Wildman–Crippen MR) is 74.5 cm³/mol. The van der Waals surface area contributed by atoms with Crippen molar-refractivity contribution in [1.29, 1.82) is 0 Å². The molecule has 0 amide bonds. The van der Waals surface area contributed by atoms with Crippen LogP contribution in [0.25, 0.3) is 0 Å². The molecule has 1 N–H and O–H groups in total. The average Bonchev–Trinajstić information content (AvgIpc) is 2.32. The molecule has 0 atom stereocenters. The molecule has 1 saturated heterocycles. The summed E-state index contributed by atoms with van der Waals surface area (Å²) in [5.41, 5.74) is 0.813. The first-order valence-electron chi connectivity index (χ1n) is 6.21. The zero-order valence-electron chi connectivity index (χ0n) is 10.2. The van der Waals surface area contributed by atoms with Crippen LogP contribution in [0.1, 0.15) is 18.4 Å². The summed E-state index contributed by atoms with van der Waals surface area (Å²) in [5, 5.41) is 3.88. The Morgan fingerprint density at radius 2 is 1.78 bits per heavy atom.